The minimum atomic E-state index is -2.28. The highest BCUT2D eigenvalue weighted by Crippen LogP contribution is 2.27. The SMILES string of the molecule is FC(F)CNCc1csc2c1CCOC2. The Hall–Kier alpha value is -0.520. The minimum absolute atomic E-state index is 0.235. The number of thiophene rings is 1. The van der Waals surface area contributed by atoms with E-state index in [9.17, 15) is 8.78 Å². The predicted molar refractivity (Wildman–Crippen MR) is 55.4 cm³/mol. The zero-order valence-electron chi connectivity index (χ0n) is 8.26. The van der Waals surface area contributed by atoms with E-state index in [1.165, 1.54) is 10.4 Å². The quantitative estimate of drug-likeness (QED) is 0.860. The molecule has 0 atom stereocenters. The number of hydrogen-bond acceptors (Lipinski definition) is 3. The van der Waals surface area contributed by atoms with E-state index in [1.807, 2.05) is 5.38 Å². The summed E-state index contributed by atoms with van der Waals surface area (Å²) in [5.74, 6) is 0. The summed E-state index contributed by atoms with van der Waals surface area (Å²) in [6.07, 6.45) is -1.37. The molecule has 0 radical (unpaired) electrons. The summed E-state index contributed by atoms with van der Waals surface area (Å²) in [5, 5.41) is 4.79. The Morgan fingerprint density at radius 1 is 1.53 bits per heavy atom. The molecule has 15 heavy (non-hydrogen) atoms. The molecule has 0 amide bonds. The Bertz CT molecular complexity index is 327. The monoisotopic (exact) mass is 233 g/mol. The van der Waals surface area contributed by atoms with Gasteiger partial charge < -0.3 is 10.1 Å². The van der Waals surface area contributed by atoms with E-state index >= 15 is 0 Å². The molecule has 0 bridgehead atoms. The van der Waals surface area contributed by atoms with Crippen LogP contribution in [0.3, 0.4) is 0 Å². The summed E-state index contributed by atoms with van der Waals surface area (Å²) in [6, 6.07) is 0. The lowest BCUT2D eigenvalue weighted by Crippen LogP contribution is -2.21. The van der Waals surface area contributed by atoms with Crippen LogP contribution < -0.4 is 5.32 Å². The molecule has 0 unspecified atom stereocenters. The Balaban J connectivity index is 1.94. The van der Waals surface area contributed by atoms with Gasteiger partial charge in [-0.1, -0.05) is 0 Å². The Kier molecular flexibility index (Phi) is 3.66. The Morgan fingerprint density at radius 2 is 2.40 bits per heavy atom. The summed E-state index contributed by atoms with van der Waals surface area (Å²) >= 11 is 1.66. The molecule has 0 aromatic carbocycles. The van der Waals surface area contributed by atoms with Crippen LogP contribution in [-0.2, 0) is 24.3 Å². The van der Waals surface area contributed by atoms with Gasteiger partial charge in [0.2, 0.25) is 0 Å². The van der Waals surface area contributed by atoms with Crippen molar-refractivity contribution in [2.45, 2.75) is 26.0 Å². The molecule has 1 aliphatic heterocycles. The van der Waals surface area contributed by atoms with Gasteiger partial charge in [0.1, 0.15) is 0 Å². The molecule has 0 saturated carbocycles. The molecule has 84 valence electrons. The van der Waals surface area contributed by atoms with Gasteiger partial charge in [0, 0.05) is 11.4 Å². The van der Waals surface area contributed by atoms with Gasteiger partial charge in [-0.15, -0.1) is 11.3 Å². The van der Waals surface area contributed by atoms with Gasteiger partial charge in [0.25, 0.3) is 6.43 Å². The smallest absolute Gasteiger partial charge is 0.250 e. The number of nitrogens with one attached hydrogen (secondary N) is 1. The Morgan fingerprint density at radius 3 is 3.20 bits per heavy atom. The van der Waals surface area contributed by atoms with E-state index in [0.717, 1.165) is 18.6 Å². The molecule has 2 nitrogen and oxygen atoms in total. The van der Waals surface area contributed by atoms with Crippen LogP contribution in [-0.4, -0.2) is 19.6 Å². The molecule has 2 rings (SSSR count). The van der Waals surface area contributed by atoms with Crippen molar-refractivity contribution in [2.75, 3.05) is 13.2 Å². The fourth-order valence-corrected chi connectivity index (χ4v) is 2.73. The van der Waals surface area contributed by atoms with Gasteiger partial charge in [-0.05, 0) is 22.9 Å². The third kappa shape index (κ3) is 2.74. The predicted octanol–water partition coefficient (Wildman–Crippen LogP) is 2.18. The third-order valence-corrected chi connectivity index (χ3v) is 3.46. The van der Waals surface area contributed by atoms with Gasteiger partial charge in [0.15, 0.2) is 0 Å². The van der Waals surface area contributed by atoms with E-state index < -0.39 is 6.43 Å². The van der Waals surface area contributed by atoms with Crippen LogP contribution in [0.1, 0.15) is 16.0 Å². The maximum atomic E-state index is 11.9. The second-order valence-corrected chi connectivity index (χ2v) is 4.45. The maximum absolute atomic E-state index is 11.9. The van der Waals surface area contributed by atoms with Crippen LogP contribution in [0.25, 0.3) is 0 Å². The second kappa shape index (κ2) is 5.01. The van der Waals surface area contributed by atoms with Crippen molar-refractivity contribution >= 4 is 11.3 Å². The molecular weight excluding hydrogens is 220 g/mol. The van der Waals surface area contributed by atoms with E-state index in [1.54, 1.807) is 11.3 Å². The standard InChI is InChI=1S/C10H13F2NOS/c11-10(12)4-13-3-7-6-15-9-5-14-2-1-8(7)9/h6,10,13H,1-5H2. The Labute approximate surface area is 91.3 Å². The second-order valence-electron chi connectivity index (χ2n) is 3.49. The molecule has 5 heteroatoms. The molecular formula is C10H13F2NOS. The summed E-state index contributed by atoms with van der Waals surface area (Å²) in [7, 11) is 0. The minimum Gasteiger partial charge on any atom is -0.376 e. The first-order valence-electron chi connectivity index (χ1n) is 4.92. The number of rotatable bonds is 4. The van der Waals surface area contributed by atoms with Crippen LogP contribution in [0.5, 0.6) is 0 Å². The van der Waals surface area contributed by atoms with Crippen molar-refractivity contribution in [3.05, 3.63) is 21.4 Å². The summed E-state index contributed by atoms with van der Waals surface area (Å²) < 4.78 is 29.2. The van der Waals surface area contributed by atoms with Gasteiger partial charge in [-0.2, -0.15) is 0 Å². The summed E-state index contributed by atoms with van der Waals surface area (Å²) in [6.45, 7) is 1.72. The zero-order chi connectivity index (χ0) is 10.7. The lowest BCUT2D eigenvalue weighted by atomic mass is 10.1. The third-order valence-electron chi connectivity index (χ3n) is 2.41. The van der Waals surface area contributed by atoms with Crippen molar-refractivity contribution < 1.29 is 13.5 Å². The molecule has 1 aromatic heterocycles. The normalized spacial score (nSPS) is 15.7. The van der Waals surface area contributed by atoms with Crippen molar-refractivity contribution in [1.29, 1.82) is 0 Å². The first-order chi connectivity index (χ1) is 7.27. The van der Waals surface area contributed by atoms with Crippen LogP contribution >= 0.6 is 11.3 Å². The number of ether oxygens (including phenoxy) is 1. The zero-order valence-corrected chi connectivity index (χ0v) is 9.08. The van der Waals surface area contributed by atoms with E-state index in [4.69, 9.17) is 4.74 Å². The molecule has 0 fully saturated rings. The number of fused-ring (bicyclic) bond motifs is 1. The van der Waals surface area contributed by atoms with Gasteiger partial charge in [-0.3, -0.25) is 0 Å². The van der Waals surface area contributed by atoms with Crippen molar-refractivity contribution in [2.24, 2.45) is 0 Å². The first-order valence-corrected chi connectivity index (χ1v) is 5.80. The number of alkyl halides is 2. The molecule has 2 heterocycles. The van der Waals surface area contributed by atoms with Gasteiger partial charge in [-0.25, -0.2) is 8.78 Å². The average molecular weight is 233 g/mol. The lowest BCUT2D eigenvalue weighted by Gasteiger charge is -2.13. The van der Waals surface area contributed by atoms with E-state index in [0.29, 0.717) is 13.2 Å². The van der Waals surface area contributed by atoms with Crippen LogP contribution in [0.4, 0.5) is 8.78 Å². The molecule has 1 aromatic rings. The average Bonchev–Trinajstić information content (AvgIpc) is 2.62. The van der Waals surface area contributed by atoms with Crippen molar-refractivity contribution in [3.63, 3.8) is 0 Å². The lowest BCUT2D eigenvalue weighted by molar-refractivity contribution is 0.113. The van der Waals surface area contributed by atoms with E-state index in [-0.39, 0.29) is 6.54 Å². The number of hydrogen-bond donors (Lipinski definition) is 1. The van der Waals surface area contributed by atoms with Crippen molar-refractivity contribution in [3.8, 4) is 0 Å². The first kappa shape index (κ1) is 11.0. The highest BCUT2D eigenvalue weighted by Gasteiger charge is 2.15. The van der Waals surface area contributed by atoms with Crippen LogP contribution in [0.15, 0.2) is 5.38 Å². The topological polar surface area (TPSA) is 21.3 Å². The van der Waals surface area contributed by atoms with E-state index in [2.05, 4.69) is 5.32 Å². The number of halogens is 2. The fraction of sp³-hybridized carbons (Fsp3) is 0.600. The highest BCUT2D eigenvalue weighted by molar-refractivity contribution is 7.10. The molecule has 0 aliphatic carbocycles. The van der Waals surface area contributed by atoms with Gasteiger partial charge >= 0.3 is 0 Å². The highest BCUT2D eigenvalue weighted by atomic mass is 32.1. The molecule has 1 aliphatic rings. The fourth-order valence-electron chi connectivity index (χ4n) is 1.69. The maximum Gasteiger partial charge on any atom is 0.250 e. The van der Waals surface area contributed by atoms with Gasteiger partial charge in [0.05, 0.1) is 19.8 Å². The summed E-state index contributed by atoms with van der Waals surface area (Å²) in [5.41, 5.74) is 2.45. The molecule has 0 saturated heterocycles. The molecule has 1 N–H and O–H groups in total. The molecule has 0 spiro atoms. The van der Waals surface area contributed by atoms with Crippen molar-refractivity contribution in [1.82, 2.24) is 5.32 Å². The summed E-state index contributed by atoms with van der Waals surface area (Å²) in [4.78, 5) is 1.25. The van der Waals surface area contributed by atoms with Crippen LogP contribution in [0.2, 0.25) is 0 Å². The largest absolute Gasteiger partial charge is 0.376 e. The van der Waals surface area contributed by atoms with Crippen LogP contribution in [0, 0.1) is 0 Å².